The fourth-order valence-corrected chi connectivity index (χ4v) is 4.13. The molecule has 0 unspecified atom stereocenters. The van der Waals surface area contributed by atoms with Crippen LogP contribution in [-0.2, 0) is 4.79 Å². The maximum atomic E-state index is 12.5. The lowest BCUT2D eigenvalue weighted by Gasteiger charge is -2.14. The van der Waals surface area contributed by atoms with Crippen LogP contribution >= 0.6 is 34.4 Å². The highest BCUT2D eigenvalue weighted by Crippen LogP contribution is 2.32. The van der Waals surface area contributed by atoms with Crippen molar-refractivity contribution >= 4 is 45.9 Å². The minimum Gasteiger partial charge on any atom is -0.495 e. The van der Waals surface area contributed by atoms with Crippen LogP contribution in [0.15, 0.2) is 84.0 Å². The highest BCUT2D eigenvalue weighted by atomic mass is 127. The molecule has 1 N–H and O–H groups in total. The summed E-state index contributed by atoms with van der Waals surface area (Å²) in [6.07, 6.45) is 0. The highest BCUT2D eigenvalue weighted by Gasteiger charge is 2.19. The summed E-state index contributed by atoms with van der Waals surface area (Å²) in [4.78, 5) is 12.5. The number of hydrogen-bond acceptors (Lipinski definition) is 5. The summed E-state index contributed by atoms with van der Waals surface area (Å²) in [7, 11) is 1.63. The van der Waals surface area contributed by atoms with Gasteiger partial charge in [0.25, 0.3) is 0 Å². The Labute approximate surface area is 198 Å². The van der Waals surface area contributed by atoms with E-state index < -0.39 is 0 Å². The lowest BCUT2D eigenvalue weighted by atomic mass is 10.2. The molecule has 0 spiro atoms. The average molecular weight is 542 g/mol. The van der Waals surface area contributed by atoms with E-state index in [0.717, 1.165) is 20.5 Å². The molecule has 0 aliphatic carbocycles. The van der Waals surface area contributed by atoms with Crippen LogP contribution in [0.4, 0.5) is 5.69 Å². The molecule has 0 aliphatic heterocycles. The lowest BCUT2D eigenvalue weighted by Crippen LogP contribution is -2.14. The first-order valence-electron chi connectivity index (χ1n) is 9.48. The van der Waals surface area contributed by atoms with Crippen LogP contribution < -0.4 is 10.1 Å². The summed E-state index contributed by atoms with van der Waals surface area (Å²) in [5, 5.41) is 12.3. The van der Waals surface area contributed by atoms with Crippen molar-refractivity contribution < 1.29 is 9.53 Å². The maximum absolute atomic E-state index is 12.5. The van der Waals surface area contributed by atoms with Crippen LogP contribution in [-0.4, -0.2) is 33.5 Å². The zero-order valence-corrected chi connectivity index (χ0v) is 19.6. The van der Waals surface area contributed by atoms with Gasteiger partial charge in [0.05, 0.1) is 18.6 Å². The molecule has 0 radical (unpaired) electrons. The number of carbonyl (C=O) groups excluding carboxylic acids is 1. The average Bonchev–Trinajstić information content (AvgIpc) is 3.23. The quantitative estimate of drug-likeness (QED) is 0.254. The third-order valence-electron chi connectivity index (χ3n) is 4.45. The van der Waals surface area contributed by atoms with Crippen molar-refractivity contribution in [2.24, 2.45) is 0 Å². The number of carbonyl (C=O) groups is 1. The second-order valence-electron chi connectivity index (χ2n) is 6.52. The molecule has 6 nitrogen and oxygen atoms in total. The van der Waals surface area contributed by atoms with Gasteiger partial charge in [-0.3, -0.25) is 9.36 Å². The van der Waals surface area contributed by atoms with Crippen molar-refractivity contribution in [3.05, 3.63) is 82.4 Å². The predicted molar refractivity (Wildman–Crippen MR) is 132 cm³/mol. The van der Waals surface area contributed by atoms with Crippen LogP contribution in [0.3, 0.4) is 0 Å². The van der Waals surface area contributed by atoms with Gasteiger partial charge >= 0.3 is 0 Å². The summed E-state index contributed by atoms with van der Waals surface area (Å²) in [5.41, 5.74) is 2.51. The summed E-state index contributed by atoms with van der Waals surface area (Å²) in [6, 6.07) is 25.2. The second kappa shape index (κ2) is 9.97. The third-order valence-corrected chi connectivity index (χ3v) is 6.10. The molecule has 1 amide bonds. The molecule has 0 fully saturated rings. The van der Waals surface area contributed by atoms with Gasteiger partial charge in [-0.05, 0) is 59.0 Å². The van der Waals surface area contributed by atoms with Crippen molar-refractivity contribution in [2.75, 3.05) is 18.2 Å². The van der Waals surface area contributed by atoms with Gasteiger partial charge < -0.3 is 10.1 Å². The Balaban J connectivity index is 1.62. The Morgan fingerprint density at radius 1 is 1.00 bits per heavy atom. The lowest BCUT2D eigenvalue weighted by molar-refractivity contribution is -0.113. The first-order chi connectivity index (χ1) is 15.2. The molecular formula is C23H19IN4O2S. The van der Waals surface area contributed by atoms with E-state index in [9.17, 15) is 4.79 Å². The largest absolute Gasteiger partial charge is 0.495 e. The summed E-state index contributed by atoms with van der Waals surface area (Å²) < 4.78 is 8.61. The smallest absolute Gasteiger partial charge is 0.234 e. The third kappa shape index (κ3) is 5.08. The molecular weight excluding hydrogens is 523 g/mol. The van der Waals surface area contributed by atoms with Gasteiger partial charge in [0.2, 0.25) is 5.91 Å². The topological polar surface area (TPSA) is 69.0 Å². The SMILES string of the molecule is COc1ccccc1-n1c(SCC(=O)Nc2ccc(I)cc2)nnc1-c1ccccc1. The van der Waals surface area contributed by atoms with E-state index in [-0.39, 0.29) is 11.7 Å². The zero-order chi connectivity index (χ0) is 21.6. The number of hydrogen-bond donors (Lipinski definition) is 1. The number of rotatable bonds is 7. The van der Waals surface area contributed by atoms with Crippen LogP contribution in [0, 0.1) is 3.57 Å². The normalized spacial score (nSPS) is 10.6. The first kappa shape index (κ1) is 21.4. The predicted octanol–water partition coefficient (Wildman–Crippen LogP) is 5.28. The Bertz CT molecular complexity index is 1180. The molecule has 1 heterocycles. The van der Waals surface area contributed by atoms with Crippen LogP contribution in [0.5, 0.6) is 5.75 Å². The molecule has 0 bridgehead atoms. The number of para-hydroxylation sites is 2. The fraction of sp³-hybridized carbons (Fsp3) is 0.0870. The Morgan fingerprint density at radius 2 is 1.71 bits per heavy atom. The number of nitrogens with one attached hydrogen (secondary N) is 1. The van der Waals surface area contributed by atoms with Crippen molar-refractivity contribution in [1.82, 2.24) is 14.8 Å². The van der Waals surface area contributed by atoms with Gasteiger partial charge in [-0.25, -0.2) is 0 Å². The van der Waals surface area contributed by atoms with Crippen molar-refractivity contribution in [2.45, 2.75) is 5.16 Å². The maximum Gasteiger partial charge on any atom is 0.234 e. The Hall–Kier alpha value is -2.85. The minimum atomic E-state index is -0.109. The number of ether oxygens (including phenoxy) is 1. The number of halogens is 1. The van der Waals surface area contributed by atoms with Gasteiger partial charge in [0.1, 0.15) is 5.75 Å². The number of aromatic nitrogens is 3. The second-order valence-corrected chi connectivity index (χ2v) is 8.71. The molecule has 4 rings (SSSR count). The van der Waals surface area contributed by atoms with Gasteiger partial charge in [-0.1, -0.05) is 54.2 Å². The summed E-state index contributed by atoms with van der Waals surface area (Å²) in [6.45, 7) is 0. The van der Waals surface area contributed by atoms with E-state index in [1.807, 2.05) is 83.4 Å². The molecule has 0 atom stereocenters. The van der Waals surface area contributed by atoms with E-state index in [4.69, 9.17) is 4.74 Å². The minimum absolute atomic E-state index is 0.109. The van der Waals surface area contributed by atoms with Crippen molar-refractivity contribution in [1.29, 1.82) is 0 Å². The number of methoxy groups -OCH3 is 1. The van der Waals surface area contributed by atoms with E-state index in [0.29, 0.717) is 16.7 Å². The van der Waals surface area contributed by atoms with Crippen LogP contribution in [0.1, 0.15) is 0 Å². The Kier molecular flexibility index (Phi) is 6.88. The number of nitrogens with zero attached hydrogens (tertiary/aromatic N) is 3. The number of anilines is 1. The number of thioether (sulfide) groups is 1. The molecule has 4 aromatic rings. The zero-order valence-electron chi connectivity index (χ0n) is 16.7. The Morgan fingerprint density at radius 3 is 2.45 bits per heavy atom. The first-order valence-corrected chi connectivity index (χ1v) is 11.5. The van der Waals surface area contributed by atoms with Gasteiger partial charge in [-0.15, -0.1) is 10.2 Å². The van der Waals surface area contributed by atoms with Crippen LogP contribution in [0.25, 0.3) is 17.1 Å². The molecule has 0 aliphatic rings. The van der Waals surface area contributed by atoms with Gasteiger partial charge in [0, 0.05) is 14.8 Å². The molecule has 3 aromatic carbocycles. The van der Waals surface area contributed by atoms with E-state index >= 15 is 0 Å². The molecule has 0 saturated heterocycles. The summed E-state index contributed by atoms with van der Waals surface area (Å²) >= 11 is 3.56. The number of amides is 1. The molecule has 8 heteroatoms. The standard InChI is InChI=1S/C23H19IN4O2S/c1-30-20-10-6-5-9-19(20)28-22(16-7-3-2-4-8-16)26-27-23(28)31-15-21(29)25-18-13-11-17(24)12-14-18/h2-14H,15H2,1H3,(H,25,29). The molecule has 0 saturated carbocycles. The van der Waals surface area contributed by atoms with E-state index in [1.54, 1.807) is 7.11 Å². The monoisotopic (exact) mass is 542 g/mol. The van der Waals surface area contributed by atoms with E-state index in [1.165, 1.54) is 11.8 Å². The molecule has 156 valence electrons. The molecule has 1 aromatic heterocycles. The number of benzene rings is 3. The van der Waals surface area contributed by atoms with E-state index in [2.05, 4.69) is 38.1 Å². The van der Waals surface area contributed by atoms with Crippen molar-refractivity contribution in [3.8, 4) is 22.8 Å². The van der Waals surface area contributed by atoms with Crippen molar-refractivity contribution in [3.63, 3.8) is 0 Å². The highest BCUT2D eigenvalue weighted by molar-refractivity contribution is 14.1. The van der Waals surface area contributed by atoms with Crippen LogP contribution in [0.2, 0.25) is 0 Å². The van der Waals surface area contributed by atoms with Gasteiger partial charge in [0.15, 0.2) is 11.0 Å². The molecule has 31 heavy (non-hydrogen) atoms. The van der Waals surface area contributed by atoms with Gasteiger partial charge in [-0.2, -0.15) is 0 Å². The fourth-order valence-electron chi connectivity index (χ4n) is 3.03. The summed E-state index contributed by atoms with van der Waals surface area (Å²) in [5.74, 6) is 1.48.